The van der Waals surface area contributed by atoms with Crippen LogP contribution in [-0.2, 0) is 4.79 Å². The summed E-state index contributed by atoms with van der Waals surface area (Å²) in [6.07, 6.45) is 1.69. The maximum absolute atomic E-state index is 11.4. The number of aliphatic carboxylic acids is 1. The zero-order valence-electron chi connectivity index (χ0n) is 13.9. The number of carbonyl (C=O) groups is 1. The minimum atomic E-state index is -0.687. The standard InChI is InChI=1S/C19H23NO3S/c1-2-23-16-8-3-6-14(12-16)18(17-9-5-11-24-17)20-10-4-7-15(13-20)19(21)22/h3,5-6,8-9,11-12,15,18H,2,4,7,10,13H2,1H3,(H,21,22). The van der Waals surface area contributed by atoms with Crippen LogP contribution in [-0.4, -0.2) is 35.7 Å². The summed E-state index contributed by atoms with van der Waals surface area (Å²) >= 11 is 1.72. The first kappa shape index (κ1) is 17.0. The monoisotopic (exact) mass is 345 g/mol. The molecule has 0 saturated carbocycles. The predicted molar refractivity (Wildman–Crippen MR) is 95.7 cm³/mol. The highest BCUT2D eigenvalue weighted by Crippen LogP contribution is 2.36. The molecule has 0 spiro atoms. The van der Waals surface area contributed by atoms with Gasteiger partial charge in [0, 0.05) is 11.4 Å². The molecule has 24 heavy (non-hydrogen) atoms. The maximum Gasteiger partial charge on any atom is 0.307 e. The van der Waals surface area contributed by atoms with E-state index in [1.807, 2.05) is 19.1 Å². The number of benzene rings is 1. The van der Waals surface area contributed by atoms with E-state index in [1.54, 1.807) is 11.3 Å². The van der Waals surface area contributed by atoms with Gasteiger partial charge < -0.3 is 9.84 Å². The van der Waals surface area contributed by atoms with E-state index in [9.17, 15) is 9.90 Å². The van der Waals surface area contributed by atoms with Crippen molar-refractivity contribution in [3.8, 4) is 5.75 Å². The van der Waals surface area contributed by atoms with E-state index in [2.05, 4.69) is 34.5 Å². The lowest BCUT2D eigenvalue weighted by Gasteiger charge is -2.37. The van der Waals surface area contributed by atoms with Gasteiger partial charge in [0.2, 0.25) is 0 Å². The van der Waals surface area contributed by atoms with Crippen molar-refractivity contribution in [2.75, 3.05) is 19.7 Å². The molecule has 1 aliphatic heterocycles. The Kier molecular flexibility index (Phi) is 5.53. The van der Waals surface area contributed by atoms with Gasteiger partial charge in [0.1, 0.15) is 5.75 Å². The molecule has 3 rings (SSSR count). The van der Waals surface area contributed by atoms with E-state index >= 15 is 0 Å². The summed E-state index contributed by atoms with van der Waals surface area (Å²) in [5, 5.41) is 11.5. The molecule has 2 atom stereocenters. The van der Waals surface area contributed by atoms with Crippen LogP contribution in [0.1, 0.15) is 36.2 Å². The molecule has 1 aromatic carbocycles. The molecule has 0 aliphatic carbocycles. The van der Waals surface area contributed by atoms with Gasteiger partial charge in [-0.3, -0.25) is 9.69 Å². The van der Waals surface area contributed by atoms with E-state index in [1.165, 1.54) is 4.88 Å². The Hall–Kier alpha value is -1.85. The van der Waals surface area contributed by atoms with Crippen LogP contribution in [0.3, 0.4) is 0 Å². The fraction of sp³-hybridized carbons (Fsp3) is 0.421. The topological polar surface area (TPSA) is 49.8 Å². The largest absolute Gasteiger partial charge is 0.494 e. The lowest BCUT2D eigenvalue weighted by Crippen LogP contribution is -2.41. The van der Waals surface area contributed by atoms with Gasteiger partial charge in [0.05, 0.1) is 18.6 Å². The SMILES string of the molecule is CCOc1cccc(C(c2cccs2)N2CCCC(C(=O)O)C2)c1. The molecule has 128 valence electrons. The summed E-state index contributed by atoms with van der Waals surface area (Å²) < 4.78 is 5.65. The van der Waals surface area contributed by atoms with Gasteiger partial charge in [-0.05, 0) is 55.5 Å². The van der Waals surface area contributed by atoms with Crippen LogP contribution in [0.15, 0.2) is 41.8 Å². The van der Waals surface area contributed by atoms with Crippen molar-refractivity contribution in [2.45, 2.75) is 25.8 Å². The third-order valence-electron chi connectivity index (χ3n) is 4.46. The number of carboxylic acids is 1. The first-order valence-corrected chi connectivity index (χ1v) is 9.30. The Labute approximate surface area is 146 Å². The molecule has 4 nitrogen and oxygen atoms in total. The second kappa shape index (κ2) is 7.81. The van der Waals surface area contributed by atoms with Gasteiger partial charge in [-0.1, -0.05) is 18.2 Å². The molecule has 2 heterocycles. The van der Waals surface area contributed by atoms with Gasteiger partial charge in [-0.15, -0.1) is 11.3 Å². The molecule has 1 saturated heterocycles. The average Bonchev–Trinajstić information content (AvgIpc) is 3.10. The summed E-state index contributed by atoms with van der Waals surface area (Å²) in [6, 6.07) is 12.4. The normalized spacial score (nSPS) is 19.8. The summed E-state index contributed by atoms with van der Waals surface area (Å²) in [4.78, 5) is 15.0. The van der Waals surface area contributed by atoms with Crippen molar-refractivity contribution in [1.82, 2.24) is 4.90 Å². The van der Waals surface area contributed by atoms with Gasteiger partial charge in [0.25, 0.3) is 0 Å². The smallest absolute Gasteiger partial charge is 0.307 e. The number of piperidine rings is 1. The molecule has 0 bridgehead atoms. The predicted octanol–water partition coefficient (Wildman–Crippen LogP) is 4.03. The Bertz CT molecular complexity index is 671. The van der Waals surface area contributed by atoms with Crippen molar-refractivity contribution in [1.29, 1.82) is 0 Å². The molecule has 0 amide bonds. The number of hydrogen-bond donors (Lipinski definition) is 1. The number of nitrogens with zero attached hydrogens (tertiary/aromatic N) is 1. The fourth-order valence-electron chi connectivity index (χ4n) is 3.39. The van der Waals surface area contributed by atoms with Crippen LogP contribution in [0.4, 0.5) is 0 Å². The summed E-state index contributed by atoms with van der Waals surface area (Å²) in [5.41, 5.74) is 1.16. The second-order valence-electron chi connectivity index (χ2n) is 6.10. The van der Waals surface area contributed by atoms with Gasteiger partial charge >= 0.3 is 5.97 Å². The minimum absolute atomic E-state index is 0.0903. The first-order valence-electron chi connectivity index (χ1n) is 8.42. The lowest BCUT2D eigenvalue weighted by atomic mass is 9.94. The molecule has 2 aromatic rings. The van der Waals surface area contributed by atoms with E-state index in [0.29, 0.717) is 13.2 Å². The Morgan fingerprint density at radius 3 is 3.00 bits per heavy atom. The molecular weight excluding hydrogens is 322 g/mol. The van der Waals surface area contributed by atoms with Gasteiger partial charge in [0.15, 0.2) is 0 Å². The zero-order chi connectivity index (χ0) is 16.9. The molecule has 5 heteroatoms. The summed E-state index contributed by atoms with van der Waals surface area (Å²) in [7, 11) is 0. The van der Waals surface area contributed by atoms with E-state index in [-0.39, 0.29) is 12.0 Å². The molecule has 1 fully saturated rings. The van der Waals surface area contributed by atoms with Crippen LogP contribution >= 0.6 is 11.3 Å². The number of hydrogen-bond acceptors (Lipinski definition) is 4. The molecule has 1 aliphatic rings. The van der Waals surface area contributed by atoms with Crippen molar-refractivity contribution in [3.05, 3.63) is 52.2 Å². The van der Waals surface area contributed by atoms with E-state index in [0.717, 1.165) is 30.7 Å². The number of carboxylic acid groups (broad SMARTS) is 1. The Morgan fingerprint density at radius 1 is 1.42 bits per heavy atom. The second-order valence-corrected chi connectivity index (χ2v) is 7.08. The van der Waals surface area contributed by atoms with Crippen molar-refractivity contribution in [2.24, 2.45) is 5.92 Å². The van der Waals surface area contributed by atoms with Crippen LogP contribution < -0.4 is 4.74 Å². The third-order valence-corrected chi connectivity index (χ3v) is 5.39. The van der Waals surface area contributed by atoms with Crippen molar-refractivity contribution < 1.29 is 14.6 Å². The number of rotatable bonds is 6. The molecule has 0 radical (unpaired) electrons. The molecule has 2 unspecified atom stereocenters. The Balaban J connectivity index is 1.92. The molecular formula is C19H23NO3S. The number of thiophene rings is 1. The van der Waals surface area contributed by atoms with Gasteiger partial charge in [-0.2, -0.15) is 0 Å². The Morgan fingerprint density at radius 2 is 2.29 bits per heavy atom. The highest BCUT2D eigenvalue weighted by Gasteiger charge is 2.31. The van der Waals surface area contributed by atoms with E-state index in [4.69, 9.17) is 4.74 Å². The first-order chi connectivity index (χ1) is 11.7. The highest BCUT2D eigenvalue weighted by atomic mass is 32.1. The summed E-state index contributed by atoms with van der Waals surface area (Å²) in [5.74, 6) is -0.104. The summed E-state index contributed by atoms with van der Waals surface area (Å²) in [6.45, 7) is 4.13. The van der Waals surface area contributed by atoms with Crippen LogP contribution in [0.25, 0.3) is 0 Å². The van der Waals surface area contributed by atoms with Gasteiger partial charge in [-0.25, -0.2) is 0 Å². The van der Waals surface area contributed by atoms with Crippen molar-refractivity contribution >= 4 is 17.3 Å². The highest BCUT2D eigenvalue weighted by molar-refractivity contribution is 7.10. The minimum Gasteiger partial charge on any atom is -0.494 e. The lowest BCUT2D eigenvalue weighted by molar-refractivity contribution is -0.143. The fourth-order valence-corrected chi connectivity index (χ4v) is 4.27. The quantitative estimate of drug-likeness (QED) is 0.859. The zero-order valence-corrected chi connectivity index (χ0v) is 14.7. The van der Waals surface area contributed by atoms with Crippen LogP contribution in [0.5, 0.6) is 5.75 Å². The molecule has 1 N–H and O–H groups in total. The van der Waals surface area contributed by atoms with Crippen molar-refractivity contribution in [3.63, 3.8) is 0 Å². The van der Waals surface area contributed by atoms with Crippen LogP contribution in [0, 0.1) is 5.92 Å². The average molecular weight is 345 g/mol. The molecule has 1 aromatic heterocycles. The maximum atomic E-state index is 11.4. The van der Waals surface area contributed by atoms with E-state index < -0.39 is 5.97 Å². The number of ether oxygens (including phenoxy) is 1. The van der Waals surface area contributed by atoms with Crippen LogP contribution in [0.2, 0.25) is 0 Å². The number of likely N-dealkylation sites (tertiary alicyclic amines) is 1. The third kappa shape index (κ3) is 3.79.